The number of benzene rings is 3. The van der Waals surface area contributed by atoms with Crippen molar-refractivity contribution < 1.29 is 0 Å². The largest absolute Gasteiger partial charge is 0.388 e. The Kier molecular flexibility index (Phi) is 3.85. The molecule has 1 heterocycles. The molecule has 1 aliphatic heterocycles. The van der Waals surface area contributed by atoms with Gasteiger partial charge >= 0.3 is 0 Å². The van der Waals surface area contributed by atoms with Crippen molar-refractivity contribution in [2.75, 3.05) is 6.54 Å². The molecule has 1 saturated heterocycles. The second kappa shape index (κ2) is 6.29. The molecule has 1 fully saturated rings. The van der Waals surface area contributed by atoms with Crippen LogP contribution in [0.15, 0.2) is 72.4 Å². The summed E-state index contributed by atoms with van der Waals surface area (Å²) in [6.45, 7) is 1.10. The van der Waals surface area contributed by atoms with Gasteiger partial charge in [-0.3, -0.25) is 0 Å². The maximum Gasteiger partial charge on any atom is 0.0144 e. The molecule has 0 saturated carbocycles. The number of hydrogen-bond donors (Lipinski definition) is 1. The molecule has 1 nitrogen and oxygen atoms in total. The van der Waals surface area contributed by atoms with Crippen LogP contribution < -0.4 is 5.32 Å². The molecule has 0 bridgehead atoms. The molecular formula is C22H21N. The predicted molar refractivity (Wildman–Crippen MR) is 99.2 cm³/mol. The summed E-state index contributed by atoms with van der Waals surface area (Å²) >= 11 is 0. The molecule has 0 amide bonds. The minimum atomic E-state index is 1.10. The summed E-state index contributed by atoms with van der Waals surface area (Å²) in [5.74, 6) is 0. The van der Waals surface area contributed by atoms with Crippen LogP contribution in [0.2, 0.25) is 0 Å². The topological polar surface area (TPSA) is 12.0 Å². The Bertz CT molecular complexity index is 847. The number of piperidine rings is 1. The molecule has 1 N–H and O–H groups in total. The van der Waals surface area contributed by atoms with Crippen LogP contribution in [0.4, 0.5) is 0 Å². The van der Waals surface area contributed by atoms with Gasteiger partial charge in [-0.1, -0.05) is 66.7 Å². The third-order valence-corrected chi connectivity index (χ3v) is 4.60. The molecule has 3 aromatic rings. The van der Waals surface area contributed by atoms with E-state index in [1.807, 2.05) is 0 Å². The summed E-state index contributed by atoms with van der Waals surface area (Å²) in [5.41, 5.74) is 5.28. The van der Waals surface area contributed by atoms with Crippen LogP contribution in [0.3, 0.4) is 0 Å². The van der Waals surface area contributed by atoms with Gasteiger partial charge < -0.3 is 5.32 Å². The Morgan fingerprint density at radius 2 is 1.52 bits per heavy atom. The molecular weight excluding hydrogens is 278 g/mol. The number of fused-ring (bicyclic) bond motifs is 1. The molecule has 114 valence electrons. The fourth-order valence-electron chi connectivity index (χ4n) is 3.42. The second-order valence-electron chi connectivity index (χ2n) is 6.17. The fourth-order valence-corrected chi connectivity index (χ4v) is 3.42. The van der Waals surface area contributed by atoms with Crippen LogP contribution in [0.5, 0.6) is 0 Å². The first-order valence-electron chi connectivity index (χ1n) is 8.43. The Morgan fingerprint density at radius 1 is 0.739 bits per heavy atom. The Labute approximate surface area is 137 Å². The lowest BCUT2D eigenvalue weighted by molar-refractivity contribution is 0.592. The Hall–Kier alpha value is -2.54. The van der Waals surface area contributed by atoms with Gasteiger partial charge in [-0.2, -0.15) is 0 Å². The summed E-state index contributed by atoms with van der Waals surface area (Å²) in [6.07, 6.45) is 6.05. The highest BCUT2D eigenvalue weighted by molar-refractivity contribution is 5.98. The Balaban J connectivity index is 1.85. The molecule has 0 radical (unpaired) electrons. The van der Waals surface area contributed by atoms with Gasteiger partial charge in [0.1, 0.15) is 0 Å². The summed E-state index contributed by atoms with van der Waals surface area (Å²) in [4.78, 5) is 0. The maximum atomic E-state index is 3.54. The van der Waals surface area contributed by atoms with Gasteiger partial charge in [-0.25, -0.2) is 0 Å². The van der Waals surface area contributed by atoms with E-state index >= 15 is 0 Å². The minimum Gasteiger partial charge on any atom is -0.388 e. The van der Waals surface area contributed by atoms with Crippen LogP contribution in [-0.4, -0.2) is 6.54 Å². The molecule has 23 heavy (non-hydrogen) atoms. The Morgan fingerprint density at radius 3 is 2.43 bits per heavy atom. The molecule has 0 aromatic heterocycles. The van der Waals surface area contributed by atoms with Gasteiger partial charge in [0.25, 0.3) is 0 Å². The standard InChI is InChI=1S/C22H21N/c1-3-12-20-17(8-1)10-7-14-22(20)21-13-4-2-9-18(21)16-19-11-5-6-15-23-19/h1-4,7-10,12-14,16,23H,5-6,11,15H2. The zero-order valence-corrected chi connectivity index (χ0v) is 13.3. The number of hydrogen-bond acceptors (Lipinski definition) is 1. The number of rotatable bonds is 2. The second-order valence-corrected chi connectivity index (χ2v) is 6.17. The van der Waals surface area contributed by atoms with Crippen LogP contribution in [-0.2, 0) is 0 Å². The van der Waals surface area contributed by atoms with E-state index in [1.54, 1.807) is 0 Å². The molecule has 3 aromatic carbocycles. The zero-order valence-electron chi connectivity index (χ0n) is 13.3. The van der Waals surface area contributed by atoms with Gasteiger partial charge in [-0.15, -0.1) is 0 Å². The maximum absolute atomic E-state index is 3.54. The zero-order chi connectivity index (χ0) is 15.5. The molecule has 0 aliphatic carbocycles. The van der Waals surface area contributed by atoms with E-state index in [9.17, 15) is 0 Å². The van der Waals surface area contributed by atoms with Crippen LogP contribution in [0, 0.1) is 0 Å². The molecule has 0 unspecified atom stereocenters. The third kappa shape index (κ3) is 2.87. The van der Waals surface area contributed by atoms with E-state index in [-0.39, 0.29) is 0 Å². The van der Waals surface area contributed by atoms with Gasteiger partial charge in [0.15, 0.2) is 0 Å². The van der Waals surface area contributed by atoms with Crippen molar-refractivity contribution in [2.45, 2.75) is 19.3 Å². The van der Waals surface area contributed by atoms with E-state index in [2.05, 4.69) is 78.1 Å². The highest BCUT2D eigenvalue weighted by atomic mass is 14.9. The van der Waals surface area contributed by atoms with E-state index in [4.69, 9.17) is 0 Å². The van der Waals surface area contributed by atoms with Crippen LogP contribution in [0.1, 0.15) is 24.8 Å². The monoisotopic (exact) mass is 299 g/mol. The van der Waals surface area contributed by atoms with Gasteiger partial charge in [0, 0.05) is 12.2 Å². The summed E-state index contributed by atoms with van der Waals surface area (Å²) in [6, 6.07) is 23.9. The van der Waals surface area contributed by atoms with Crippen molar-refractivity contribution in [3.8, 4) is 11.1 Å². The van der Waals surface area contributed by atoms with Crippen molar-refractivity contribution in [2.24, 2.45) is 0 Å². The average molecular weight is 299 g/mol. The molecule has 4 rings (SSSR count). The summed E-state index contributed by atoms with van der Waals surface area (Å²) in [5, 5.41) is 6.16. The quantitative estimate of drug-likeness (QED) is 0.647. The summed E-state index contributed by atoms with van der Waals surface area (Å²) < 4.78 is 0. The predicted octanol–water partition coefficient (Wildman–Crippen LogP) is 5.62. The van der Waals surface area contributed by atoms with E-state index in [0.29, 0.717) is 0 Å². The first-order chi connectivity index (χ1) is 11.4. The SMILES string of the molecule is C(=C1CCCCN1)c1ccccc1-c1cccc2ccccc12. The van der Waals surface area contributed by atoms with Crippen molar-refractivity contribution in [3.05, 3.63) is 78.0 Å². The van der Waals surface area contributed by atoms with Crippen molar-refractivity contribution in [1.82, 2.24) is 5.32 Å². The molecule has 0 atom stereocenters. The number of allylic oxidation sites excluding steroid dienone is 1. The van der Waals surface area contributed by atoms with E-state index in [1.165, 1.54) is 46.0 Å². The number of nitrogens with one attached hydrogen (secondary N) is 1. The molecule has 0 spiro atoms. The lowest BCUT2D eigenvalue weighted by Crippen LogP contribution is -2.19. The third-order valence-electron chi connectivity index (χ3n) is 4.60. The van der Waals surface area contributed by atoms with E-state index in [0.717, 1.165) is 13.0 Å². The van der Waals surface area contributed by atoms with Crippen molar-refractivity contribution in [3.63, 3.8) is 0 Å². The first kappa shape index (κ1) is 14.1. The first-order valence-corrected chi connectivity index (χ1v) is 8.43. The van der Waals surface area contributed by atoms with Crippen molar-refractivity contribution in [1.29, 1.82) is 0 Å². The van der Waals surface area contributed by atoms with Crippen molar-refractivity contribution >= 4 is 16.8 Å². The smallest absolute Gasteiger partial charge is 0.0144 e. The van der Waals surface area contributed by atoms with Crippen LogP contribution >= 0.6 is 0 Å². The highest BCUT2D eigenvalue weighted by Gasteiger charge is 2.09. The average Bonchev–Trinajstić information content (AvgIpc) is 2.63. The van der Waals surface area contributed by atoms with Crippen LogP contribution in [0.25, 0.3) is 28.0 Å². The van der Waals surface area contributed by atoms with Gasteiger partial charge in [-0.05, 0) is 52.8 Å². The summed E-state index contributed by atoms with van der Waals surface area (Å²) in [7, 11) is 0. The normalized spacial score (nSPS) is 16.4. The lowest BCUT2D eigenvalue weighted by Gasteiger charge is -2.17. The van der Waals surface area contributed by atoms with Gasteiger partial charge in [0.05, 0.1) is 0 Å². The molecule has 1 aliphatic rings. The highest BCUT2D eigenvalue weighted by Crippen LogP contribution is 2.32. The fraction of sp³-hybridized carbons (Fsp3) is 0.182. The lowest BCUT2D eigenvalue weighted by atomic mass is 9.93. The van der Waals surface area contributed by atoms with E-state index < -0.39 is 0 Å². The van der Waals surface area contributed by atoms with Gasteiger partial charge in [0.2, 0.25) is 0 Å². The minimum absolute atomic E-state index is 1.10. The molecule has 1 heteroatoms.